The molecule has 1 aliphatic carbocycles. The summed E-state index contributed by atoms with van der Waals surface area (Å²) < 4.78 is 0. The van der Waals surface area contributed by atoms with E-state index in [2.05, 4.69) is 4.99 Å². The molecule has 1 aliphatic heterocycles. The highest BCUT2D eigenvalue weighted by Gasteiger charge is 2.23. The Morgan fingerprint density at radius 2 is 2.31 bits per heavy atom. The van der Waals surface area contributed by atoms with E-state index in [0.29, 0.717) is 12.2 Å². The molecule has 3 nitrogen and oxygen atoms in total. The maximum absolute atomic E-state index is 11.5. The minimum atomic E-state index is -0.180. The van der Waals surface area contributed by atoms with E-state index in [4.69, 9.17) is 5.73 Å². The normalized spacial score (nSPS) is 25.3. The molecule has 1 heterocycles. The molecule has 1 unspecified atom stereocenters. The van der Waals surface area contributed by atoms with Gasteiger partial charge in [-0.25, -0.2) is 0 Å². The zero-order valence-electron chi connectivity index (χ0n) is 7.10. The summed E-state index contributed by atoms with van der Waals surface area (Å²) in [6, 6.07) is 0. The topological polar surface area (TPSA) is 55.5 Å². The van der Waals surface area contributed by atoms with Crippen LogP contribution in [0.5, 0.6) is 0 Å². The van der Waals surface area contributed by atoms with Crippen LogP contribution >= 0.6 is 0 Å². The Kier molecular flexibility index (Phi) is 1.94. The molecular formula is C10H10N2O. The van der Waals surface area contributed by atoms with Gasteiger partial charge in [0.15, 0.2) is 5.78 Å². The third kappa shape index (κ3) is 1.38. The molecule has 13 heavy (non-hydrogen) atoms. The number of hydrogen-bond acceptors (Lipinski definition) is 3. The van der Waals surface area contributed by atoms with Gasteiger partial charge < -0.3 is 5.73 Å². The molecule has 0 saturated heterocycles. The highest BCUT2D eigenvalue weighted by molar-refractivity contribution is 6.18. The summed E-state index contributed by atoms with van der Waals surface area (Å²) in [5.74, 6) is -0.105. The van der Waals surface area contributed by atoms with Gasteiger partial charge >= 0.3 is 0 Å². The molecule has 3 heteroatoms. The number of allylic oxidation sites excluding steroid dienone is 5. The van der Waals surface area contributed by atoms with Crippen molar-refractivity contribution in [2.45, 2.75) is 0 Å². The summed E-state index contributed by atoms with van der Waals surface area (Å²) in [4.78, 5) is 15.8. The zero-order valence-corrected chi connectivity index (χ0v) is 7.10. The Hall–Kier alpha value is -1.48. The van der Waals surface area contributed by atoms with Gasteiger partial charge in [-0.1, -0.05) is 18.2 Å². The van der Waals surface area contributed by atoms with Gasteiger partial charge in [0, 0.05) is 12.6 Å². The largest absolute Gasteiger partial charge is 0.325 e. The summed E-state index contributed by atoms with van der Waals surface area (Å²) in [5.41, 5.74) is 6.88. The van der Waals surface area contributed by atoms with E-state index < -0.39 is 0 Å². The van der Waals surface area contributed by atoms with Crippen LogP contribution in [0.25, 0.3) is 0 Å². The van der Waals surface area contributed by atoms with E-state index in [-0.39, 0.29) is 11.7 Å². The molecule has 0 spiro atoms. The lowest BCUT2D eigenvalue weighted by Gasteiger charge is -2.17. The number of ketones is 1. The summed E-state index contributed by atoms with van der Waals surface area (Å²) in [5, 5.41) is 0. The number of carbonyl (C=O) groups is 1. The van der Waals surface area contributed by atoms with E-state index in [1.54, 1.807) is 0 Å². The van der Waals surface area contributed by atoms with E-state index in [0.717, 1.165) is 5.71 Å². The maximum atomic E-state index is 11.5. The lowest BCUT2D eigenvalue weighted by Crippen LogP contribution is -2.25. The van der Waals surface area contributed by atoms with Crippen LogP contribution in [0.2, 0.25) is 0 Å². The Morgan fingerprint density at radius 1 is 1.46 bits per heavy atom. The second-order valence-corrected chi connectivity index (χ2v) is 3.00. The SMILES string of the molecule is NCC1=CC(=O)C2C=CC=CC2=N1. The quantitative estimate of drug-likeness (QED) is 0.632. The van der Waals surface area contributed by atoms with E-state index in [1.165, 1.54) is 6.08 Å². The average molecular weight is 174 g/mol. The van der Waals surface area contributed by atoms with Gasteiger partial charge in [0.1, 0.15) is 0 Å². The lowest BCUT2D eigenvalue weighted by molar-refractivity contribution is -0.115. The fourth-order valence-corrected chi connectivity index (χ4v) is 1.44. The molecule has 0 amide bonds. The summed E-state index contributed by atoms with van der Waals surface area (Å²) in [6.45, 7) is 0.319. The van der Waals surface area contributed by atoms with Crippen molar-refractivity contribution in [1.82, 2.24) is 0 Å². The van der Waals surface area contributed by atoms with Crippen LogP contribution < -0.4 is 5.73 Å². The second-order valence-electron chi connectivity index (χ2n) is 3.00. The van der Waals surface area contributed by atoms with Crippen molar-refractivity contribution < 1.29 is 4.79 Å². The molecule has 2 N–H and O–H groups in total. The monoisotopic (exact) mass is 174 g/mol. The summed E-state index contributed by atoms with van der Waals surface area (Å²) >= 11 is 0. The highest BCUT2D eigenvalue weighted by atomic mass is 16.1. The number of aliphatic imine (C=N–C) groups is 1. The van der Waals surface area contributed by atoms with E-state index >= 15 is 0 Å². The summed E-state index contributed by atoms with van der Waals surface area (Å²) in [6.07, 6.45) is 8.97. The van der Waals surface area contributed by atoms with Gasteiger partial charge in [-0.05, 0) is 6.08 Å². The van der Waals surface area contributed by atoms with E-state index in [1.807, 2.05) is 24.3 Å². The number of rotatable bonds is 1. The van der Waals surface area contributed by atoms with Gasteiger partial charge in [0.05, 0.1) is 17.3 Å². The van der Waals surface area contributed by atoms with Crippen molar-refractivity contribution in [2.24, 2.45) is 16.6 Å². The van der Waals surface area contributed by atoms with Crippen molar-refractivity contribution in [2.75, 3.05) is 6.54 Å². The number of nitrogens with zero attached hydrogens (tertiary/aromatic N) is 1. The Balaban J connectivity index is 2.39. The van der Waals surface area contributed by atoms with Crippen LogP contribution in [-0.4, -0.2) is 18.0 Å². The Bertz CT molecular complexity index is 361. The second kappa shape index (κ2) is 3.11. The van der Waals surface area contributed by atoms with Crippen LogP contribution in [0.3, 0.4) is 0 Å². The minimum Gasteiger partial charge on any atom is -0.325 e. The molecule has 0 aromatic rings. The molecule has 66 valence electrons. The molecular weight excluding hydrogens is 164 g/mol. The van der Waals surface area contributed by atoms with Crippen LogP contribution in [0.1, 0.15) is 0 Å². The predicted molar refractivity (Wildman–Crippen MR) is 51.3 cm³/mol. The third-order valence-corrected chi connectivity index (χ3v) is 2.10. The smallest absolute Gasteiger partial charge is 0.170 e. The summed E-state index contributed by atoms with van der Waals surface area (Å²) in [7, 11) is 0. The number of fused-ring (bicyclic) bond motifs is 1. The lowest BCUT2D eigenvalue weighted by atomic mass is 9.91. The highest BCUT2D eigenvalue weighted by Crippen LogP contribution is 2.18. The van der Waals surface area contributed by atoms with Gasteiger partial charge in [0.25, 0.3) is 0 Å². The molecule has 0 aromatic carbocycles. The number of hydrogen-bond donors (Lipinski definition) is 1. The maximum Gasteiger partial charge on any atom is 0.170 e. The Labute approximate surface area is 76.3 Å². The number of nitrogens with two attached hydrogens (primary N) is 1. The molecule has 0 radical (unpaired) electrons. The standard InChI is InChI=1S/C10H10N2O/c11-6-7-5-10(13)8-3-1-2-4-9(8)12-7/h1-5,8H,6,11H2. The van der Waals surface area contributed by atoms with Gasteiger partial charge in [0.2, 0.25) is 0 Å². The molecule has 0 fully saturated rings. The zero-order chi connectivity index (χ0) is 9.26. The molecule has 0 saturated carbocycles. The van der Waals surface area contributed by atoms with Crippen molar-refractivity contribution in [3.63, 3.8) is 0 Å². The first-order valence-electron chi connectivity index (χ1n) is 4.19. The first-order chi connectivity index (χ1) is 6.31. The van der Waals surface area contributed by atoms with Crippen LogP contribution in [-0.2, 0) is 4.79 Å². The number of carbonyl (C=O) groups excluding carboxylic acids is 1. The third-order valence-electron chi connectivity index (χ3n) is 2.10. The molecule has 2 aliphatic rings. The van der Waals surface area contributed by atoms with Gasteiger partial charge in [-0.2, -0.15) is 0 Å². The van der Waals surface area contributed by atoms with E-state index in [9.17, 15) is 4.79 Å². The van der Waals surface area contributed by atoms with Crippen LogP contribution in [0.15, 0.2) is 41.1 Å². The first-order valence-corrected chi connectivity index (χ1v) is 4.19. The van der Waals surface area contributed by atoms with Gasteiger partial charge in [-0.3, -0.25) is 9.79 Å². The molecule has 0 bridgehead atoms. The van der Waals surface area contributed by atoms with Crippen molar-refractivity contribution in [1.29, 1.82) is 0 Å². The Morgan fingerprint density at radius 3 is 3.08 bits per heavy atom. The fraction of sp³-hybridized carbons (Fsp3) is 0.200. The molecule has 0 aromatic heterocycles. The predicted octanol–water partition coefficient (Wildman–Crippen LogP) is 0.595. The van der Waals surface area contributed by atoms with Crippen molar-refractivity contribution >= 4 is 11.5 Å². The fourth-order valence-electron chi connectivity index (χ4n) is 1.44. The van der Waals surface area contributed by atoms with Crippen molar-refractivity contribution in [3.05, 3.63) is 36.1 Å². The van der Waals surface area contributed by atoms with Crippen molar-refractivity contribution in [3.8, 4) is 0 Å². The van der Waals surface area contributed by atoms with Gasteiger partial charge in [-0.15, -0.1) is 0 Å². The first kappa shape index (κ1) is 8.13. The van der Waals surface area contributed by atoms with Crippen LogP contribution in [0.4, 0.5) is 0 Å². The molecule has 1 atom stereocenters. The minimum absolute atomic E-state index is 0.0750. The van der Waals surface area contributed by atoms with Crippen LogP contribution in [0, 0.1) is 5.92 Å². The average Bonchev–Trinajstić information content (AvgIpc) is 2.18. The molecule has 2 rings (SSSR count).